The molecule has 0 aromatic heterocycles. The predicted molar refractivity (Wildman–Crippen MR) is 102 cm³/mol. The number of sulfonamides is 1. The normalized spacial score (nSPS) is 19.4. The van der Waals surface area contributed by atoms with Crippen LogP contribution in [0.15, 0.2) is 54.6 Å². The summed E-state index contributed by atoms with van der Waals surface area (Å²) in [5, 5.41) is 0. The topological polar surface area (TPSA) is 64.6 Å². The van der Waals surface area contributed by atoms with E-state index in [-0.39, 0.29) is 5.75 Å². The zero-order chi connectivity index (χ0) is 19.0. The Labute approximate surface area is 155 Å². The first kappa shape index (κ1) is 18.9. The zero-order valence-corrected chi connectivity index (χ0v) is 16.3. The smallest absolute Gasteiger partial charge is 0.236 e. The highest BCUT2D eigenvalue weighted by molar-refractivity contribution is 7.91. The Hall–Kier alpha value is -1.89. The summed E-state index contributed by atoms with van der Waals surface area (Å²) in [5.41, 5.74) is 1.12. The van der Waals surface area contributed by atoms with Crippen molar-refractivity contribution < 1.29 is 17.9 Å². The number of nitrogens with one attached hydrogen (secondary N) is 1. The van der Waals surface area contributed by atoms with Gasteiger partial charge in [-0.2, -0.15) is 0 Å². The molecule has 6 heteroatoms. The number of hydrogen-bond donors (Lipinski definition) is 1. The van der Waals surface area contributed by atoms with Crippen LogP contribution in [0.25, 0.3) is 0 Å². The lowest BCUT2D eigenvalue weighted by molar-refractivity contribution is -0.0895. The van der Waals surface area contributed by atoms with E-state index in [1.165, 1.54) is 0 Å². The molecule has 5 nitrogen and oxygen atoms in total. The Morgan fingerprint density at radius 2 is 1.54 bits per heavy atom. The molecule has 1 N–H and O–H groups in total. The summed E-state index contributed by atoms with van der Waals surface area (Å²) in [5.74, 6) is -0.0748. The minimum absolute atomic E-state index is 0.0748. The van der Waals surface area contributed by atoms with Gasteiger partial charge in [-0.15, -0.1) is 0 Å². The second-order valence-electron chi connectivity index (χ2n) is 7.56. The highest BCUT2D eigenvalue weighted by atomic mass is 32.2. The molecule has 0 bridgehead atoms. The fourth-order valence-electron chi connectivity index (χ4n) is 2.74. The molecular formula is C20H25NO4S. The van der Waals surface area contributed by atoms with Crippen LogP contribution in [0, 0.1) is 0 Å². The maximum atomic E-state index is 12.4. The van der Waals surface area contributed by atoms with E-state index in [1.54, 1.807) is 30.3 Å². The lowest BCUT2D eigenvalue weighted by Crippen LogP contribution is -2.41. The first-order valence-electron chi connectivity index (χ1n) is 8.58. The number of hydrogen-bond acceptors (Lipinski definition) is 4. The third-order valence-corrected chi connectivity index (χ3v) is 6.14. The molecule has 0 saturated carbocycles. The molecule has 1 aliphatic rings. The number of rotatable bonds is 5. The minimum Gasteiger partial charge on any atom is -0.339 e. The first-order chi connectivity index (χ1) is 12.1. The molecule has 1 fully saturated rings. The Morgan fingerprint density at radius 1 is 0.923 bits per heavy atom. The number of benzene rings is 2. The van der Waals surface area contributed by atoms with E-state index in [1.807, 2.05) is 52.0 Å². The van der Waals surface area contributed by atoms with Gasteiger partial charge in [-0.1, -0.05) is 42.5 Å². The fraction of sp³-hybridized carbons (Fsp3) is 0.400. The Bertz CT molecular complexity index is 860. The molecule has 0 radical (unpaired) electrons. The highest BCUT2D eigenvalue weighted by Gasteiger charge is 2.49. The lowest BCUT2D eigenvalue weighted by atomic mass is 9.90. The summed E-state index contributed by atoms with van der Waals surface area (Å²) in [4.78, 5) is 0. The van der Waals surface area contributed by atoms with Crippen molar-refractivity contribution >= 4 is 15.7 Å². The van der Waals surface area contributed by atoms with E-state index >= 15 is 0 Å². The quantitative estimate of drug-likeness (QED) is 0.849. The van der Waals surface area contributed by atoms with Crippen LogP contribution in [-0.4, -0.2) is 19.6 Å². The Balaban J connectivity index is 1.76. The monoisotopic (exact) mass is 375 g/mol. The highest BCUT2D eigenvalue weighted by Crippen LogP contribution is 2.44. The van der Waals surface area contributed by atoms with E-state index < -0.39 is 27.5 Å². The molecule has 0 amide bonds. The van der Waals surface area contributed by atoms with Crippen molar-refractivity contribution in [2.24, 2.45) is 0 Å². The predicted octanol–water partition coefficient (Wildman–Crippen LogP) is 4.23. The van der Waals surface area contributed by atoms with Gasteiger partial charge in [0.2, 0.25) is 10.0 Å². The van der Waals surface area contributed by atoms with Crippen molar-refractivity contribution in [1.29, 1.82) is 0 Å². The first-order valence-corrected chi connectivity index (χ1v) is 10.2. The summed E-state index contributed by atoms with van der Waals surface area (Å²) in [6, 6.07) is 16.2. The van der Waals surface area contributed by atoms with Gasteiger partial charge in [0.05, 0.1) is 17.0 Å². The van der Waals surface area contributed by atoms with Gasteiger partial charge < -0.3 is 9.47 Å². The van der Waals surface area contributed by atoms with Gasteiger partial charge in [0, 0.05) is 11.3 Å². The zero-order valence-electron chi connectivity index (χ0n) is 15.5. The van der Waals surface area contributed by atoms with Crippen molar-refractivity contribution in [3.63, 3.8) is 0 Å². The number of ether oxygens (including phenoxy) is 2. The maximum absolute atomic E-state index is 12.4. The van der Waals surface area contributed by atoms with Crippen LogP contribution in [-0.2, 0) is 25.2 Å². The standard InChI is InChI=1S/C20H25NO4S/c1-19(2)20(3,4)25-18(24-19)16-11-8-12-17(13-16)21-26(22,23)14-15-9-6-5-7-10-15/h5-13,18,21H,14H2,1-4H3. The molecule has 1 saturated heterocycles. The molecule has 26 heavy (non-hydrogen) atoms. The van der Waals surface area contributed by atoms with E-state index in [9.17, 15) is 8.42 Å². The molecule has 0 atom stereocenters. The van der Waals surface area contributed by atoms with Gasteiger partial charge in [-0.25, -0.2) is 8.42 Å². The molecule has 2 aromatic carbocycles. The summed E-state index contributed by atoms with van der Waals surface area (Å²) < 4.78 is 39.6. The lowest BCUT2D eigenvalue weighted by Gasteiger charge is -2.30. The van der Waals surface area contributed by atoms with Crippen LogP contribution in [0.5, 0.6) is 0 Å². The average molecular weight is 375 g/mol. The largest absolute Gasteiger partial charge is 0.339 e. The van der Waals surface area contributed by atoms with E-state index in [2.05, 4.69) is 4.72 Å². The minimum atomic E-state index is -3.51. The van der Waals surface area contributed by atoms with Gasteiger partial charge >= 0.3 is 0 Å². The molecule has 1 aliphatic heterocycles. The van der Waals surface area contributed by atoms with E-state index in [0.717, 1.165) is 11.1 Å². The molecule has 3 rings (SSSR count). The number of anilines is 1. The van der Waals surface area contributed by atoms with Gasteiger partial charge in [-0.05, 0) is 45.4 Å². The summed E-state index contributed by atoms with van der Waals surface area (Å²) >= 11 is 0. The van der Waals surface area contributed by atoms with Crippen LogP contribution in [0.1, 0.15) is 45.1 Å². The van der Waals surface area contributed by atoms with Gasteiger partial charge in [0.1, 0.15) is 0 Å². The molecule has 2 aromatic rings. The SMILES string of the molecule is CC1(C)OC(c2cccc(NS(=O)(=O)Cc3ccccc3)c2)OC1(C)C. The van der Waals surface area contributed by atoms with Crippen molar-refractivity contribution in [3.05, 3.63) is 65.7 Å². The molecule has 0 aliphatic carbocycles. The molecule has 0 spiro atoms. The third-order valence-electron chi connectivity index (χ3n) is 4.88. The van der Waals surface area contributed by atoms with Crippen molar-refractivity contribution in [2.45, 2.75) is 50.9 Å². The second kappa shape index (κ2) is 6.68. The van der Waals surface area contributed by atoms with Gasteiger partial charge in [-0.3, -0.25) is 4.72 Å². The van der Waals surface area contributed by atoms with Crippen molar-refractivity contribution in [2.75, 3.05) is 4.72 Å². The molecule has 140 valence electrons. The van der Waals surface area contributed by atoms with E-state index in [4.69, 9.17) is 9.47 Å². The van der Waals surface area contributed by atoms with Gasteiger partial charge in [0.25, 0.3) is 0 Å². The third kappa shape index (κ3) is 4.09. The van der Waals surface area contributed by atoms with Crippen LogP contribution in [0.2, 0.25) is 0 Å². The van der Waals surface area contributed by atoms with Crippen molar-refractivity contribution in [1.82, 2.24) is 0 Å². The Kier molecular flexibility index (Phi) is 4.86. The van der Waals surface area contributed by atoms with Crippen LogP contribution >= 0.6 is 0 Å². The van der Waals surface area contributed by atoms with Crippen LogP contribution < -0.4 is 4.72 Å². The average Bonchev–Trinajstić information content (AvgIpc) is 2.76. The summed E-state index contributed by atoms with van der Waals surface area (Å²) in [6.07, 6.45) is -0.529. The van der Waals surface area contributed by atoms with Crippen molar-refractivity contribution in [3.8, 4) is 0 Å². The summed E-state index contributed by atoms with van der Waals surface area (Å²) in [7, 11) is -3.51. The maximum Gasteiger partial charge on any atom is 0.236 e. The Morgan fingerprint density at radius 3 is 2.15 bits per heavy atom. The molecule has 1 heterocycles. The fourth-order valence-corrected chi connectivity index (χ4v) is 3.93. The van der Waals surface area contributed by atoms with E-state index in [0.29, 0.717) is 5.69 Å². The second-order valence-corrected chi connectivity index (χ2v) is 9.28. The summed E-state index contributed by atoms with van der Waals surface area (Å²) in [6.45, 7) is 7.94. The molecular weight excluding hydrogens is 350 g/mol. The molecule has 0 unspecified atom stereocenters. The van der Waals surface area contributed by atoms with Crippen LogP contribution in [0.4, 0.5) is 5.69 Å². The van der Waals surface area contributed by atoms with Crippen LogP contribution in [0.3, 0.4) is 0 Å². The van der Waals surface area contributed by atoms with Gasteiger partial charge in [0.15, 0.2) is 6.29 Å².